The van der Waals surface area contributed by atoms with Crippen LogP contribution in [0.2, 0.25) is 0 Å². The van der Waals surface area contributed by atoms with Crippen LogP contribution in [-0.2, 0) is 4.79 Å². The zero-order valence-corrected chi connectivity index (χ0v) is 15.8. The number of amides is 1. The average Bonchev–Trinajstić information content (AvgIpc) is 2.70. The molecule has 1 N–H and O–H groups in total. The zero-order chi connectivity index (χ0) is 19.9. The van der Waals surface area contributed by atoms with E-state index < -0.39 is 0 Å². The van der Waals surface area contributed by atoms with Crippen molar-refractivity contribution in [3.63, 3.8) is 0 Å². The summed E-state index contributed by atoms with van der Waals surface area (Å²) in [6, 6.07) is 21.6. The molecule has 5 nitrogen and oxygen atoms in total. The van der Waals surface area contributed by atoms with Gasteiger partial charge in [-0.15, -0.1) is 0 Å². The van der Waals surface area contributed by atoms with Crippen molar-refractivity contribution in [3.8, 4) is 17.2 Å². The predicted octanol–water partition coefficient (Wildman–Crippen LogP) is 5.01. The summed E-state index contributed by atoms with van der Waals surface area (Å²) in [5, 5.41) is 2.77. The molecule has 3 aromatic carbocycles. The number of benzene rings is 3. The van der Waals surface area contributed by atoms with Crippen LogP contribution in [0.25, 0.3) is 0 Å². The molecular formula is C23H21NO4. The molecule has 3 rings (SSSR count). The minimum Gasteiger partial charge on any atom is -0.484 e. The Balaban J connectivity index is 1.49. The summed E-state index contributed by atoms with van der Waals surface area (Å²) in [6.07, 6.45) is 0. The third-order valence-electron chi connectivity index (χ3n) is 4.03. The summed E-state index contributed by atoms with van der Waals surface area (Å²) in [5.41, 5.74) is 2.42. The second kappa shape index (κ2) is 8.86. The van der Waals surface area contributed by atoms with Crippen molar-refractivity contribution >= 4 is 17.4 Å². The quantitative estimate of drug-likeness (QED) is 0.590. The highest BCUT2D eigenvalue weighted by Crippen LogP contribution is 2.23. The number of ketones is 1. The van der Waals surface area contributed by atoms with Crippen LogP contribution >= 0.6 is 0 Å². The van der Waals surface area contributed by atoms with Gasteiger partial charge in [0.1, 0.15) is 17.2 Å². The van der Waals surface area contributed by atoms with E-state index >= 15 is 0 Å². The van der Waals surface area contributed by atoms with Crippen LogP contribution < -0.4 is 14.8 Å². The van der Waals surface area contributed by atoms with Gasteiger partial charge in [-0.25, -0.2) is 0 Å². The smallest absolute Gasteiger partial charge is 0.262 e. The second-order valence-corrected chi connectivity index (χ2v) is 6.36. The van der Waals surface area contributed by atoms with Crippen molar-refractivity contribution in [1.82, 2.24) is 0 Å². The summed E-state index contributed by atoms with van der Waals surface area (Å²) in [5.74, 6) is 1.68. The van der Waals surface area contributed by atoms with Gasteiger partial charge in [0.15, 0.2) is 12.4 Å². The van der Waals surface area contributed by atoms with Gasteiger partial charge in [-0.3, -0.25) is 9.59 Å². The van der Waals surface area contributed by atoms with Gasteiger partial charge in [-0.2, -0.15) is 0 Å². The lowest BCUT2D eigenvalue weighted by Gasteiger charge is -2.09. The van der Waals surface area contributed by atoms with E-state index in [1.165, 1.54) is 12.5 Å². The molecule has 5 heteroatoms. The third kappa shape index (κ3) is 5.45. The first kappa shape index (κ1) is 19.2. The van der Waals surface area contributed by atoms with E-state index in [0.29, 0.717) is 22.7 Å². The van der Waals surface area contributed by atoms with Gasteiger partial charge < -0.3 is 14.8 Å². The van der Waals surface area contributed by atoms with Gasteiger partial charge in [0.2, 0.25) is 0 Å². The van der Waals surface area contributed by atoms with E-state index in [1.807, 2.05) is 31.2 Å². The topological polar surface area (TPSA) is 64.6 Å². The first-order valence-corrected chi connectivity index (χ1v) is 8.88. The van der Waals surface area contributed by atoms with Crippen LogP contribution in [0.5, 0.6) is 17.2 Å². The first-order chi connectivity index (χ1) is 13.5. The maximum atomic E-state index is 12.0. The van der Waals surface area contributed by atoms with Gasteiger partial charge in [-0.1, -0.05) is 17.7 Å². The molecule has 0 bridgehead atoms. The Bertz CT molecular complexity index is 945. The lowest BCUT2D eigenvalue weighted by Crippen LogP contribution is -2.20. The number of aryl methyl sites for hydroxylation is 1. The minimum absolute atomic E-state index is 0.0147. The fraction of sp³-hybridized carbons (Fsp3) is 0.130. The largest absolute Gasteiger partial charge is 0.484 e. The standard InChI is InChI=1S/C23H21NO4/c1-16-3-9-21(10-4-16)28-22-13-7-19(8-14-22)24-23(26)15-27-20-11-5-18(6-12-20)17(2)25/h3-14H,15H2,1-2H3,(H,24,26). The SMILES string of the molecule is CC(=O)c1ccc(OCC(=O)Nc2ccc(Oc3ccc(C)cc3)cc2)cc1. The summed E-state index contributed by atoms with van der Waals surface area (Å²) in [4.78, 5) is 23.3. The summed E-state index contributed by atoms with van der Waals surface area (Å²) < 4.78 is 11.2. The minimum atomic E-state index is -0.275. The van der Waals surface area contributed by atoms with Crippen molar-refractivity contribution < 1.29 is 19.1 Å². The second-order valence-electron chi connectivity index (χ2n) is 6.36. The number of carbonyl (C=O) groups is 2. The van der Waals surface area contributed by atoms with Crippen molar-refractivity contribution in [2.45, 2.75) is 13.8 Å². The molecule has 0 aliphatic carbocycles. The molecule has 0 unspecified atom stereocenters. The lowest BCUT2D eigenvalue weighted by molar-refractivity contribution is -0.118. The Morgan fingerprint density at radius 3 is 1.89 bits per heavy atom. The van der Waals surface area contributed by atoms with Crippen molar-refractivity contribution in [1.29, 1.82) is 0 Å². The number of hydrogen-bond acceptors (Lipinski definition) is 4. The highest BCUT2D eigenvalue weighted by molar-refractivity contribution is 5.94. The Morgan fingerprint density at radius 1 is 0.786 bits per heavy atom. The molecule has 0 aliphatic rings. The monoisotopic (exact) mass is 375 g/mol. The zero-order valence-electron chi connectivity index (χ0n) is 15.8. The maximum Gasteiger partial charge on any atom is 0.262 e. The Labute approximate surface area is 163 Å². The Hall–Kier alpha value is -3.60. The molecule has 0 atom stereocenters. The van der Waals surface area contributed by atoms with E-state index in [1.54, 1.807) is 48.5 Å². The van der Waals surface area contributed by atoms with E-state index in [2.05, 4.69) is 5.32 Å². The van der Waals surface area contributed by atoms with Crippen LogP contribution in [-0.4, -0.2) is 18.3 Å². The fourth-order valence-corrected chi connectivity index (χ4v) is 2.48. The van der Waals surface area contributed by atoms with E-state index in [-0.39, 0.29) is 18.3 Å². The molecule has 0 radical (unpaired) electrons. The number of nitrogens with one attached hydrogen (secondary N) is 1. The fourth-order valence-electron chi connectivity index (χ4n) is 2.48. The highest BCUT2D eigenvalue weighted by atomic mass is 16.5. The number of Topliss-reactive ketones (excluding diaryl/α,β-unsaturated/α-hetero) is 1. The normalized spacial score (nSPS) is 10.2. The number of carbonyl (C=O) groups excluding carboxylic acids is 2. The average molecular weight is 375 g/mol. The van der Waals surface area contributed by atoms with E-state index in [4.69, 9.17) is 9.47 Å². The summed E-state index contributed by atoms with van der Waals surface area (Å²) in [6.45, 7) is 3.40. The molecule has 142 valence electrons. The van der Waals surface area contributed by atoms with Crippen molar-refractivity contribution in [2.75, 3.05) is 11.9 Å². The first-order valence-electron chi connectivity index (χ1n) is 8.88. The van der Waals surface area contributed by atoms with Crippen LogP contribution in [0.4, 0.5) is 5.69 Å². The van der Waals surface area contributed by atoms with Crippen LogP contribution in [0.1, 0.15) is 22.8 Å². The van der Waals surface area contributed by atoms with Crippen molar-refractivity contribution in [2.24, 2.45) is 0 Å². The van der Waals surface area contributed by atoms with Gasteiger partial charge in [0, 0.05) is 11.3 Å². The lowest BCUT2D eigenvalue weighted by atomic mass is 10.1. The van der Waals surface area contributed by atoms with Gasteiger partial charge >= 0.3 is 0 Å². The molecule has 0 heterocycles. The number of rotatable bonds is 7. The van der Waals surface area contributed by atoms with E-state index in [9.17, 15) is 9.59 Å². The molecule has 0 fully saturated rings. The number of anilines is 1. The maximum absolute atomic E-state index is 12.0. The molecule has 0 aliphatic heterocycles. The predicted molar refractivity (Wildman–Crippen MR) is 108 cm³/mol. The highest BCUT2D eigenvalue weighted by Gasteiger charge is 2.06. The van der Waals surface area contributed by atoms with Gasteiger partial charge in [0.25, 0.3) is 5.91 Å². The van der Waals surface area contributed by atoms with E-state index in [0.717, 1.165) is 5.75 Å². The number of hydrogen-bond donors (Lipinski definition) is 1. The molecule has 1 amide bonds. The Kier molecular flexibility index (Phi) is 6.07. The number of ether oxygens (including phenoxy) is 2. The molecule has 0 saturated carbocycles. The molecule has 0 spiro atoms. The Morgan fingerprint density at radius 2 is 1.32 bits per heavy atom. The summed E-state index contributed by atoms with van der Waals surface area (Å²) >= 11 is 0. The van der Waals surface area contributed by atoms with Crippen LogP contribution in [0.15, 0.2) is 72.8 Å². The van der Waals surface area contributed by atoms with Crippen molar-refractivity contribution in [3.05, 3.63) is 83.9 Å². The third-order valence-corrected chi connectivity index (χ3v) is 4.03. The summed E-state index contributed by atoms with van der Waals surface area (Å²) in [7, 11) is 0. The molecule has 0 saturated heterocycles. The molecule has 0 aromatic heterocycles. The molecular weight excluding hydrogens is 354 g/mol. The van der Waals surface area contributed by atoms with Gasteiger partial charge in [-0.05, 0) is 74.5 Å². The van der Waals surface area contributed by atoms with Crippen LogP contribution in [0, 0.1) is 6.92 Å². The molecule has 3 aromatic rings. The van der Waals surface area contributed by atoms with Gasteiger partial charge in [0.05, 0.1) is 0 Å². The van der Waals surface area contributed by atoms with Crippen LogP contribution in [0.3, 0.4) is 0 Å². The molecule has 28 heavy (non-hydrogen) atoms.